The average Bonchev–Trinajstić information content (AvgIpc) is 3.33. The zero-order valence-corrected chi connectivity index (χ0v) is 41.2. The average molecular weight is 940 g/mol. The summed E-state index contributed by atoms with van der Waals surface area (Å²) in [7, 11) is -4.90. The highest BCUT2D eigenvalue weighted by Gasteiger charge is 2.35. The van der Waals surface area contributed by atoms with E-state index in [4.69, 9.17) is 9.47 Å². The minimum atomic E-state index is -4.90. The van der Waals surface area contributed by atoms with E-state index in [9.17, 15) is 28.7 Å². The Bertz CT molecular complexity index is 2030. The Morgan fingerprint density at radius 2 is 0.955 bits per heavy atom. The topological polar surface area (TPSA) is 163 Å². The molecule has 67 heavy (non-hydrogen) atoms. The van der Waals surface area contributed by atoms with Gasteiger partial charge in [0, 0.05) is 19.3 Å². The molecule has 0 unspecified atom stereocenters. The van der Waals surface area contributed by atoms with E-state index < -0.39 is 37.3 Å². The number of amides is 3. The number of nitrogens with one attached hydrogen (secondary N) is 3. The maximum Gasteiger partial charge on any atom is 0.347 e. The van der Waals surface area contributed by atoms with Gasteiger partial charge in [-0.05, 0) is 58.9 Å². The Kier molecular flexibility index (Phi) is 25.4. The fourth-order valence-corrected chi connectivity index (χ4v) is 8.72. The number of benzene rings is 4. The Labute approximate surface area is 400 Å². The van der Waals surface area contributed by atoms with Crippen LogP contribution in [0.2, 0.25) is 0 Å². The second-order valence-corrected chi connectivity index (χ2v) is 19.9. The predicted octanol–water partition coefficient (Wildman–Crippen LogP) is 11.5. The van der Waals surface area contributed by atoms with Crippen LogP contribution in [0.1, 0.15) is 152 Å². The number of carbonyl (C=O) groups is 3. The van der Waals surface area contributed by atoms with Crippen LogP contribution in [-0.4, -0.2) is 45.4 Å². The second kappa shape index (κ2) is 31.2. The van der Waals surface area contributed by atoms with Crippen LogP contribution in [-0.2, 0) is 45.0 Å². The molecular weight excluding hydrogens is 862 g/mol. The lowest BCUT2D eigenvalue weighted by Gasteiger charge is -2.28. The van der Waals surface area contributed by atoms with Gasteiger partial charge in [0.2, 0.25) is 17.7 Å². The maximum atomic E-state index is 14.2. The number of carbonyl (C=O) groups excluding carboxylic acids is 3. The molecule has 5 N–H and O–H groups in total. The first kappa shape index (κ1) is 54.6. The van der Waals surface area contributed by atoms with Gasteiger partial charge in [-0.1, -0.05) is 202 Å². The first-order chi connectivity index (χ1) is 32.4. The first-order valence-corrected chi connectivity index (χ1v) is 26.6. The molecule has 0 radical (unpaired) electrons. The van der Waals surface area contributed by atoms with Gasteiger partial charge in [0.15, 0.2) is 0 Å². The van der Waals surface area contributed by atoms with Gasteiger partial charge >= 0.3 is 7.60 Å². The Morgan fingerprint density at radius 3 is 1.39 bits per heavy atom. The van der Waals surface area contributed by atoms with Crippen LogP contribution in [0, 0.1) is 5.92 Å². The third-order valence-electron chi connectivity index (χ3n) is 12.4. The number of ether oxygens (including phenoxy) is 2. The van der Waals surface area contributed by atoms with Crippen molar-refractivity contribution in [2.75, 3.05) is 0 Å². The van der Waals surface area contributed by atoms with Crippen LogP contribution in [0.25, 0.3) is 0 Å². The van der Waals surface area contributed by atoms with Crippen molar-refractivity contribution in [1.29, 1.82) is 0 Å². The molecule has 4 aromatic carbocycles. The zero-order chi connectivity index (χ0) is 48.1. The molecule has 0 fully saturated rings. The lowest BCUT2D eigenvalue weighted by Crippen LogP contribution is -2.57. The van der Waals surface area contributed by atoms with Crippen molar-refractivity contribution in [2.24, 2.45) is 5.92 Å². The summed E-state index contributed by atoms with van der Waals surface area (Å²) in [6.45, 7) is 6.80. The van der Waals surface area contributed by atoms with Crippen molar-refractivity contribution < 1.29 is 38.2 Å². The van der Waals surface area contributed by atoms with Gasteiger partial charge in [-0.2, -0.15) is 0 Å². The highest BCUT2D eigenvalue weighted by molar-refractivity contribution is 7.52. The molecule has 0 heterocycles. The number of rotatable bonds is 34. The zero-order valence-electron chi connectivity index (χ0n) is 40.3. The summed E-state index contributed by atoms with van der Waals surface area (Å²) in [4.78, 5) is 62.6. The monoisotopic (exact) mass is 940 g/mol. The van der Waals surface area contributed by atoms with E-state index >= 15 is 0 Å². The predicted molar refractivity (Wildman–Crippen MR) is 269 cm³/mol. The molecule has 11 nitrogen and oxygen atoms in total. The minimum Gasteiger partial charge on any atom is -0.489 e. The fourth-order valence-electron chi connectivity index (χ4n) is 7.98. The lowest BCUT2D eigenvalue weighted by atomic mass is 9.96. The largest absolute Gasteiger partial charge is 0.489 e. The second-order valence-electron chi connectivity index (χ2n) is 18.0. The molecule has 3 amide bonds. The van der Waals surface area contributed by atoms with Crippen molar-refractivity contribution in [1.82, 2.24) is 16.0 Å². The van der Waals surface area contributed by atoms with Crippen molar-refractivity contribution in [3.05, 3.63) is 131 Å². The van der Waals surface area contributed by atoms with Gasteiger partial charge < -0.3 is 35.2 Å². The van der Waals surface area contributed by atoms with Gasteiger partial charge in [0.1, 0.15) is 42.6 Å². The molecule has 4 atom stereocenters. The van der Waals surface area contributed by atoms with Gasteiger partial charge in [0.25, 0.3) is 0 Å². The van der Waals surface area contributed by atoms with E-state index in [1.807, 2.05) is 74.5 Å². The summed E-state index contributed by atoms with van der Waals surface area (Å²) >= 11 is 0. The van der Waals surface area contributed by atoms with Crippen LogP contribution >= 0.6 is 7.60 Å². The van der Waals surface area contributed by atoms with Crippen molar-refractivity contribution in [3.8, 4) is 11.5 Å². The molecule has 12 heteroatoms. The van der Waals surface area contributed by atoms with Gasteiger partial charge in [-0.3, -0.25) is 18.9 Å². The van der Waals surface area contributed by atoms with E-state index in [-0.39, 0.29) is 24.7 Å². The van der Waals surface area contributed by atoms with Crippen LogP contribution in [0.15, 0.2) is 109 Å². The van der Waals surface area contributed by atoms with E-state index in [0.717, 1.165) is 36.8 Å². The van der Waals surface area contributed by atoms with Crippen LogP contribution in [0.5, 0.6) is 11.5 Å². The fraction of sp³-hybridized carbons (Fsp3) is 0.509. The molecule has 0 spiro atoms. The van der Waals surface area contributed by atoms with E-state index in [1.54, 1.807) is 48.5 Å². The normalized spacial score (nSPS) is 13.2. The third-order valence-corrected chi connectivity index (χ3v) is 13.5. The Morgan fingerprint density at radius 1 is 0.522 bits per heavy atom. The third kappa shape index (κ3) is 22.1. The highest BCUT2D eigenvalue weighted by Crippen LogP contribution is 2.41. The molecule has 0 aliphatic carbocycles. The lowest BCUT2D eigenvalue weighted by molar-refractivity contribution is -0.133. The number of unbranched alkanes of at least 4 members (excludes halogenated alkanes) is 14. The summed E-state index contributed by atoms with van der Waals surface area (Å²) in [5, 5.41) is 8.38. The molecule has 0 aliphatic heterocycles. The van der Waals surface area contributed by atoms with Crippen LogP contribution in [0.4, 0.5) is 0 Å². The van der Waals surface area contributed by atoms with E-state index in [0.29, 0.717) is 48.7 Å². The number of hydrogen-bond acceptors (Lipinski definition) is 6. The highest BCUT2D eigenvalue weighted by atomic mass is 31.2. The number of hydrogen-bond donors (Lipinski definition) is 5. The van der Waals surface area contributed by atoms with Crippen molar-refractivity contribution in [2.45, 2.75) is 174 Å². The van der Waals surface area contributed by atoms with Crippen molar-refractivity contribution in [3.63, 3.8) is 0 Å². The summed E-state index contributed by atoms with van der Waals surface area (Å²) in [6, 6.07) is 31.3. The summed E-state index contributed by atoms with van der Waals surface area (Å²) in [6.07, 6.45) is 19.1. The first-order valence-electron chi connectivity index (χ1n) is 24.9. The molecule has 4 rings (SSSR count). The molecule has 366 valence electrons. The molecule has 0 saturated heterocycles. The molecular formula is C55H78N3O8P. The summed E-state index contributed by atoms with van der Waals surface area (Å²) in [5.74, 6) is -2.16. The van der Waals surface area contributed by atoms with E-state index in [2.05, 4.69) is 22.9 Å². The molecule has 0 aliphatic rings. The molecule has 0 saturated carbocycles. The summed E-state index contributed by atoms with van der Waals surface area (Å²) < 4.78 is 24.8. The summed E-state index contributed by atoms with van der Waals surface area (Å²) in [5.41, 5.74) is 3.26. The minimum absolute atomic E-state index is 0.0121. The SMILES string of the molecule is CCCCCCCCCCCCCCCCCC(=O)N[C@H](C(=O)N[C@@H](Cc1ccc(OCc2ccccc2)cc1)C(=O)N[C@@H](Cc1ccc(OCc2ccccc2)cc1)P(=O)(O)O)[C@@H](C)CC. The Balaban J connectivity index is 1.35. The van der Waals surface area contributed by atoms with E-state index in [1.165, 1.54) is 70.6 Å². The molecule has 0 aromatic heterocycles. The molecule has 4 aromatic rings. The van der Waals surface area contributed by atoms with Gasteiger partial charge in [-0.25, -0.2) is 0 Å². The van der Waals surface area contributed by atoms with Crippen LogP contribution < -0.4 is 25.4 Å². The quantitative estimate of drug-likeness (QED) is 0.0228. The van der Waals surface area contributed by atoms with Gasteiger partial charge in [0.05, 0.1) is 0 Å². The maximum absolute atomic E-state index is 14.2. The molecule has 0 bridgehead atoms. The standard InChI is InChI=1S/C55H78N3O8P/c1-4-6-7-8-9-10-11-12-13-14-15-16-17-18-25-30-51(59)57-53(43(3)5-2)55(61)56-50(39-44-31-35-48(36-32-44)65-41-46-26-21-19-22-27-46)54(60)58-52(67(62,63)64)40-45-33-37-49(38-34-45)66-42-47-28-23-20-24-29-47/h19-24,26-29,31-38,43,50,52-53H,4-18,25,30,39-42H2,1-3H3,(H,56,61)(H,57,59)(H,58,60)(H2,62,63,64)/t43-,50-,52+,53-/m0/s1. The van der Waals surface area contributed by atoms with Crippen molar-refractivity contribution >= 4 is 25.3 Å². The smallest absolute Gasteiger partial charge is 0.347 e. The van der Waals surface area contributed by atoms with Crippen LogP contribution in [0.3, 0.4) is 0 Å². The van der Waals surface area contributed by atoms with Gasteiger partial charge in [-0.15, -0.1) is 0 Å². The Hall–Kier alpha value is -4.96.